The van der Waals surface area contributed by atoms with E-state index < -0.39 is 0 Å². The van der Waals surface area contributed by atoms with Crippen LogP contribution in [0.15, 0.2) is 0 Å². The number of nitrogens with zero attached hydrogens (tertiary/aromatic N) is 1. The van der Waals surface area contributed by atoms with E-state index in [-0.39, 0.29) is 5.24 Å². The van der Waals surface area contributed by atoms with Gasteiger partial charge in [0.15, 0.2) is 0 Å². The maximum absolute atomic E-state index is 11.1. The van der Waals surface area contributed by atoms with E-state index in [0.29, 0.717) is 0 Å². The molecule has 2 nitrogen and oxygen atoms in total. The van der Waals surface area contributed by atoms with E-state index in [4.69, 9.17) is 0 Å². The summed E-state index contributed by atoms with van der Waals surface area (Å²) in [5.74, 6) is 1.53. The van der Waals surface area contributed by atoms with Crippen molar-refractivity contribution in [1.82, 2.24) is 4.90 Å². The van der Waals surface area contributed by atoms with E-state index in [0.717, 1.165) is 24.9 Å². The summed E-state index contributed by atoms with van der Waals surface area (Å²) in [7, 11) is 0. The van der Waals surface area contributed by atoms with Crippen molar-refractivity contribution in [2.24, 2.45) is 11.8 Å². The van der Waals surface area contributed by atoms with E-state index in [1.165, 1.54) is 25.7 Å². The molecule has 2 bridgehead atoms. The zero-order chi connectivity index (χ0) is 8.55. The third kappa shape index (κ3) is 1.60. The molecule has 0 aromatic rings. The number of carbonyl (C=O) groups is 1. The van der Waals surface area contributed by atoms with Crippen molar-refractivity contribution in [2.45, 2.75) is 25.7 Å². The van der Waals surface area contributed by atoms with Crippen LogP contribution >= 0.6 is 12.6 Å². The second-order valence-corrected chi connectivity index (χ2v) is 4.46. The molecule has 3 heteroatoms. The van der Waals surface area contributed by atoms with Crippen LogP contribution < -0.4 is 0 Å². The highest BCUT2D eigenvalue weighted by Gasteiger charge is 2.30. The third-order valence-electron chi connectivity index (χ3n) is 3.19. The first-order valence-corrected chi connectivity index (χ1v) is 5.18. The summed E-state index contributed by atoms with van der Waals surface area (Å²) < 4.78 is 0. The van der Waals surface area contributed by atoms with Crippen molar-refractivity contribution in [3.05, 3.63) is 0 Å². The maximum atomic E-state index is 11.1. The van der Waals surface area contributed by atoms with Crippen LogP contribution in [-0.4, -0.2) is 23.2 Å². The highest BCUT2D eigenvalue weighted by Crippen LogP contribution is 2.33. The highest BCUT2D eigenvalue weighted by molar-refractivity contribution is 7.96. The van der Waals surface area contributed by atoms with Gasteiger partial charge in [-0.3, -0.25) is 4.79 Å². The van der Waals surface area contributed by atoms with Crippen LogP contribution in [0.5, 0.6) is 0 Å². The van der Waals surface area contributed by atoms with Gasteiger partial charge in [0.25, 0.3) is 5.24 Å². The summed E-state index contributed by atoms with van der Waals surface area (Å²) in [6.45, 7) is 1.91. The van der Waals surface area contributed by atoms with Crippen molar-refractivity contribution in [2.75, 3.05) is 13.1 Å². The molecule has 0 aromatic carbocycles. The van der Waals surface area contributed by atoms with Gasteiger partial charge in [0.1, 0.15) is 0 Å². The molecule has 3 rings (SSSR count). The molecule has 1 saturated carbocycles. The minimum absolute atomic E-state index is 0.0335. The van der Waals surface area contributed by atoms with Crippen LogP contribution in [0.2, 0.25) is 0 Å². The Morgan fingerprint density at radius 2 is 1.50 bits per heavy atom. The summed E-state index contributed by atoms with van der Waals surface area (Å²) in [5.41, 5.74) is 0. The number of thiol groups is 1. The molecule has 0 radical (unpaired) electrons. The van der Waals surface area contributed by atoms with Gasteiger partial charge < -0.3 is 4.90 Å². The van der Waals surface area contributed by atoms with Gasteiger partial charge in [0.2, 0.25) is 0 Å². The van der Waals surface area contributed by atoms with Gasteiger partial charge in [-0.1, -0.05) is 12.6 Å². The number of fused-ring (bicyclic) bond motifs is 4. The largest absolute Gasteiger partial charge is 0.333 e. The molecule has 2 aliphatic heterocycles. The van der Waals surface area contributed by atoms with Crippen LogP contribution in [0, 0.1) is 11.8 Å². The Kier molecular flexibility index (Phi) is 2.31. The lowest BCUT2D eigenvalue weighted by molar-refractivity contribution is 0.218. The van der Waals surface area contributed by atoms with Crippen molar-refractivity contribution >= 4 is 17.9 Å². The number of hydrogen-bond donors (Lipinski definition) is 1. The van der Waals surface area contributed by atoms with Crippen molar-refractivity contribution in [3.8, 4) is 0 Å². The molecule has 12 heavy (non-hydrogen) atoms. The summed E-state index contributed by atoms with van der Waals surface area (Å²) in [4.78, 5) is 13.0. The fraction of sp³-hybridized carbons (Fsp3) is 0.889. The molecule has 3 aliphatic rings. The van der Waals surface area contributed by atoms with Gasteiger partial charge in [-0.25, -0.2) is 0 Å². The van der Waals surface area contributed by atoms with Crippen molar-refractivity contribution < 1.29 is 4.79 Å². The van der Waals surface area contributed by atoms with E-state index >= 15 is 0 Å². The average molecular weight is 185 g/mol. The fourth-order valence-electron chi connectivity index (χ4n) is 2.45. The molecule has 0 atom stereocenters. The number of amides is 1. The molecule has 1 amide bonds. The molecule has 0 unspecified atom stereocenters. The van der Waals surface area contributed by atoms with Crippen molar-refractivity contribution in [3.63, 3.8) is 0 Å². The lowest BCUT2D eigenvalue weighted by atomic mass is 9.84. The predicted molar refractivity (Wildman–Crippen MR) is 51.4 cm³/mol. The van der Waals surface area contributed by atoms with Crippen LogP contribution in [0.3, 0.4) is 0 Å². The number of hydrogen-bond acceptors (Lipinski definition) is 1. The van der Waals surface area contributed by atoms with Gasteiger partial charge in [-0.05, 0) is 37.5 Å². The summed E-state index contributed by atoms with van der Waals surface area (Å²) in [5, 5.41) is -0.0335. The van der Waals surface area contributed by atoms with Gasteiger partial charge in [0.05, 0.1) is 0 Å². The Morgan fingerprint density at radius 3 is 1.83 bits per heavy atom. The van der Waals surface area contributed by atoms with Gasteiger partial charge >= 0.3 is 0 Å². The Morgan fingerprint density at radius 1 is 1.08 bits per heavy atom. The average Bonchev–Trinajstić information content (AvgIpc) is 2.36. The van der Waals surface area contributed by atoms with E-state index in [2.05, 4.69) is 12.6 Å². The molecule has 0 aromatic heterocycles. The maximum Gasteiger partial charge on any atom is 0.278 e. The molecular weight excluding hydrogens is 170 g/mol. The number of rotatable bonds is 0. The quantitative estimate of drug-likeness (QED) is 0.573. The molecule has 0 N–H and O–H groups in total. The molecule has 1 aliphatic carbocycles. The first kappa shape index (κ1) is 8.42. The minimum atomic E-state index is -0.0335. The minimum Gasteiger partial charge on any atom is -0.333 e. The summed E-state index contributed by atoms with van der Waals surface area (Å²) in [6, 6.07) is 0. The van der Waals surface area contributed by atoms with Crippen LogP contribution in [0.4, 0.5) is 4.79 Å². The zero-order valence-electron chi connectivity index (χ0n) is 7.20. The first-order valence-electron chi connectivity index (χ1n) is 4.73. The number of carbonyl (C=O) groups excluding carboxylic acids is 1. The van der Waals surface area contributed by atoms with Crippen LogP contribution in [-0.2, 0) is 0 Å². The Hall–Kier alpha value is -0.180. The lowest BCUT2D eigenvalue weighted by Crippen LogP contribution is -2.30. The normalized spacial score (nSPS) is 34.9. The Bertz CT molecular complexity index is 173. The van der Waals surface area contributed by atoms with Crippen molar-refractivity contribution in [1.29, 1.82) is 0 Å². The van der Waals surface area contributed by atoms with E-state index in [9.17, 15) is 4.79 Å². The Labute approximate surface area is 78.7 Å². The lowest BCUT2D eigenvalue weighted by Gasteiger charge is -2.20. The molecule has 2 heterocycles. The second kappa shape index (κ2) is 3.29. The van der Waals surface area contributed by atoms with Gasteiger partial charge in [0, 0.05) is 13.1 Å². The van der Waals surface area contributed by atoms with Crippen LogP contribution in [0.1, 0.15) is 25.7 Å². The van der Waals surface area contributed by atoms with Gasteiger partial charge in [-0.15, -0.1) is 0 Å². The molecule has 0 spiro atoms. The topological polar surface area (TPSA) is 20.3 Å². The summed E-state index contributed by atoms with van der Waals surface area (Å²) in [6.07, 6.45) is 5.29. The fourth-order valence-corrected chi connectivity index (χ4v) is 2.61. The monoisotopic (exact) mass is 185 g/mol. The standard InChI is InChI=1S/C9H15NOS/c11-9(12)10-5-7-1-2-8(6-10)4-3-7/h7-8H,1-6H2,(H,11,12). The van der Waals surface area contributed by atoms with Gasteiger partial charge in [-0.2, -0.15) is 0 Å². The van der Waals surface area contributed by atoms with E-state index in [1.807, 2.05) is 4.90 Å². The van der Waals surface area contributed by atoms with Crippen LogP contribution in [0.25, 0.3) is 0 Å². The Balaban J connectivity index is 2.06. The second-order valence-electron chi connectivity index (χ2n) is 4.07. The molecular formula is C9H15NOS. The first-order chi connectivity index (χ1) is 5.75. The zero-order valence-corrected chi connectivity index (χ0v) is 8.09. The molecule has 3 fully saturated rings. The summed E-state index contributed by atoms with van der Waals surface area (Å²) >= 11 is 3.88. The smallest absolute Gasteiger partial charge is 0.278 e. The predicted octanol–water partition coefficient (Wildman–Crippen LogP) is 2.16. The molecule has 2 saturated heterocycles. The van der Waals surface area contributed by atoms with E-state index in [1.54, 1.807) is 0 Å². The third-order valence-corrected chi connectivity index (χ3v) is 3.48. The molecule has 68 valence electrons. The SMILES string of the molecule is O=C(S)N1CC2CCC(CC2)C1. The highest BCUT2D eigenvalue weighted by atomic mass is 32.1.